The van der Waals surface area contributed by atoms with E-state index in [2.05, 4.69) is 45.4 Å². The van der Waals surface area contributed by atoms with Crippen molar-refractivity contribution in [3.63, 3.8) is 0 Å². The highest BCUT2D eigenvalue weighted by Crippen LogP contribution is 2.23. The van der Waals surface area contributed by atoms with Gasteiger partial charge in [-0.3, -0.25) is 14.6 Å². The maximum Gasteiger partial charge on any atom is 0.237 e. The summed E-state index contributed by atoms with van der Waals surface area (Å²) in [7, 11) is 0. The third-order valence-corrected chi connectivity index (χ3v) is 6.61. The quantitative estimate of drug-likeness (QED) is 0.652. The van der Waals surface area contributed by atoms with Crippen LogP contribution in [0.5, 0.6) is 0 Å². The van der Waals surface area contributed by atoms with E-state index in [0.29, 0.717) is 6.54 Å². The predicted octanol–water partition coefficient (Wildman–Crippen LogP) is 3.16. The molecule has 3 aromatic rings. The van der Waals surface area contributed by atoms with Gasteiger partial charge in [-0.1, -0.05) is 42.5 Å². The Labute approximate surface area is 176 Å². The van der Waals surface area contributed by atoms with Crippen molar-refractivity contribution >= 4 is 27.5 Å². The number of piperazine rings is 1. The molecule has 0 saturated carbocycles. The van der Waals surface area contributed by atoms with Crippen molar-refractivity contribution in [2.24, 2.45) is 0 Å². The number of hydrogen-bond donors (Lipinski definition) is 1. The molecule has 1 aromatic heterocycles. The molecule has 2 heterocycles. The summed E-state index contributed by atoms with van der Waals surface area (Å²) in [6.45, 7) is 7.36. The third-order valence-electron chi connectivity index (χ3n) is 5.59. The van der Waals surface area contributed by atoms with Crippen LogP contribution >= 0.6 is 11.3 Å². The van der Waals surface area contributed by atoms with Crippen LogP contribution in [0.2, 0.25) is 0 Å². The van der Waals surface area contributed by atoms with Gasteiger partial charge in [-0.2, -0.15) is 0 Å². The standard InChI is InChI=1S/C23H28N4OS/c1-18(23(28)24-12-11-19-7-3-2-4-8-19)27-15-13-26(14-16-27)17-22-25-20-9-5-6-10-21(20)29-22/h2-10,18H,11-17H2,1H3,(H,24,28). The summed E-state index contributed by atoms with van der Waals surface area (Å²) in [6.07, 6.45) is 0.870. The fraction of sp³-hybridized carbons (Fsp3) is 0.391. The van der Waals surface area contributed by atoms with E-state index in [0.717, 1.165) is 44.7 Å². The zero-order chi connectivity index (χ0) is 20.1. The molecule has 152 valence electrons. The third kappa shape index (κ3) is 5.21. The first-order valence-electron chi connectivity index (χ1n) is 10.3. The smallest absolute Gasteiger partial charge is 0.237 e. The first-order valence-corrected chi connectivity index (χ1v) is 11.1. The summed E-state index contributed by atoms with van der Waals surface area (Å²) >= 11 is 1.78. The lowest BCUT2D eigenvalue weighted by atomic mass is 10.1. The minimum Gasteiger partial charge on any atom is -0.354 e. The normalized spacial score (nSPS) is 16.7. The zero-order valence-corrected chi connectivity index (χ0v) is 17.7. The highest BCUT2D eigenvalue weighted by Gasteiger charge is 2.25. The summed E-state index contributed by atoms with van der Waals surface area (Å²) in [5, 5.41) is 4.26. The molecule has 6 heteroatoms. The van der Waals surface area contributed by atoms with Gasteiger partial charge in [-0.05, 0) is 31.0 Å². The first-order chi connectivity index (χ1) is 14.2. The maximum absolute atomic E-state index is 12.5. The van der Waals surface area contributed by atoms with Gasteiger partial charge in [0, 0.05) is 32.7 Å². The lowest BCUT2D eigenvalue weighted by Gasteiger charge is -2.37. The van der Waals surface area contributed by atoms with Crippen molar-refractivity contribution < 1.29 is 4.79 Å². The number of hydrogen-bond acceptors (Lipinski definition) is 5. The Morgan fingerprint density at radius 2 is 1.79 bits per heavy atom. The predicted molar refractivity (Wildman–Crippen MR) is 119 cm³/mol. The SMILES string of the molecule is CC(C(=O)NCCc1ccccc1)N1CCN(Cc2nc3ccccc3s2)CC1. The topological polar surface area (TPSA) is 48.5 Å². The number of rotatable bonds is 7. The highest BCUT2D eigenvalue weighted by molar-refractivity contribution is 7.18. The van der Waals surface area contributed by atoms with Crippen LogP contribution in [0.1, 0.15) is 17.5 Å². The molecular formula is C23H28N4OS. The Bertz CT molecular complexity index is 901. The number of carbonyl (C=O) groups is 1. The molecule has 0 bridgehead atoms. The van der Waals surface area contributed by atoms with Crippen molar-refractivity contribution in [3.05, 3.63) is 65.2 Å². The van der Waals surface area contributed by atoms with E-state index in [1.165, 1.54) is 15.3 Å². The average molecular weight is 409 g/mol. The Balaban J connectivity index is 1.21. The number of aromatic nitrogens is 1. The van der Waals surface area contributed by atoms with Crippen molar-refractivity contribution in [2.45, 2.75) is 25.9 Å². The molecule has 1 fully saturated rings. The van der Waals surface area contributed by atoms with Crippen molar-refractivity contribution in [1.29, 1.82) is 0 Å². The molecule has 29 heavy (non-hydrogen) atoms. The van der Waals surface area contributed by atoms with E-state index >= 15 is 0 Å². The Kier molecular flexibility index (Phi) is 6.54. The summed E-state index contributed by atoms with van der Waals surface area (Å²) in [6, 6.07) is 18.5. The van der Waals surface area contributed by atoms with Gasteiger partial charge < -0.3 is 5.32 Å². The molecule has 0 aliphatic carbocycles. The number of thiazole rings is 1. The van der Waals surface area contributed by atoms with Gasteiger partial charge in [0.2, 0.25) is 5.91 Å². The van der Waals surface area contributed by atoms with Crippen LogP contribution in [0, 0.1) is 0 Å². The van der Waals surface area contributed by atoms with Gasteiger partial charge in [0.15, 0.2) is 0 Å². The number of para-hydroxylation sites is 1. The van der Waals surface area contributed by atoms with E-state index in [9.17, 15) is 4.79 Å². The molecule has 4 rings (SSSR count). The number of fused-ring (bicyclic) bond motifs is 1. The van der Waals surface area contributed by atoms with Crippen LogP contribution in [0.15, 0.2) is 54.6 Å². The van der Waals surface area contributed by atoms with Crippen LogP contribution in [-0.4, -0.2) is 59.5 Å². The van der Waals surface area contributed by atoms with Gasteiger partial charge in [0.25, 0.3) is 0 Å². The number of nitrogens with one attached hydrogen (secondary N) is 1. The fourth-order valence-corrected chi connectivity index (χ4v) is 4.79. The Morgan fingerprint density at radius 3 is 2.55 bits per heavy atom. The van der Waals surface area contributed by atoms with E-state index in [1.807, 2.05) is 31.2 Å². The molecule has 1 atom stereocenters. The molecule has 1 N–H and O–H groups in total. The second-order valence-corrected chi connectivity index (χ2v) is 8.71. The summed E-state index contributed by atoms with van der Waals surface area (Å²) in [4.78, 5) is 22.0. The van der Waals surface area contributed by atoms with Gasteiger partial charge >= 0.3 is 0 Å². The monoisotopic (exact) mass is 408 g/mol. The number of amides is 1. The van der Waals surface area contributed by atoms with Gasteiger partial charge in [-0.15, -0.1) is 11.3 Å². The molecule has 1 unspecified atom stereocenters. The van der Waals surface area contributed by atoms with Crippen molar-refractivity contribution in [3.8, 4) is 0 Å². The zero-order valence-electron chi connectivity index (χ0n) is 16.9. The molecule has 1 saturated heterocycles. The van der Waals surface area contributed by atoms with Crippen molar-refractivity contribution in [2.75, 3.05) is 32.7 Å². The Hall–Kier alpha value is -2.28. The number of nitrogens with zero attached hydrogens (tertiary/aromatic N) is 3. The number of benzene rings is 2. The van der Waals surface area contributed by atoms with E-state index < -0.39 is 0 Å². The Morgan fingerprint density at radius 1 is 1.07 bits per heavy atom. The van der Waals surface area contributed by atoms with Crippen LogP contribution in [0.4, 0.5) is 0 Å². The molecular weight excluding hydrogens is 380 g/mol. The van der Waals surface area contributed by atoms with Crippen LogP contribution < -0.4 is 5.32 Å². The van der Waals surface area contributed by atoms with Crippen LogP contribution in [0.3, 0.4) is 0 Å². The summed E-state index contributed by atoms with van der Waals surface area (Å²) in [5.74, 6) is 0.126. The number of carbonyl (C=O) groups excluding carboxylic acids is 1. The highest BCUT2D eigenvalue weighted by atomic mass is 32.1. The van der Waals surface area contributed by atoms with Gasteiger partial charge in [0.1, 0.15) is 5.01 Å². The molecule has 0 radical (unpaired) electrons. The first kappa shape index (κ1) is 20.0. The molecule has 0 spiro atoms. The largest absolute Gasteiger partial charge is 0.354 e. The van der Waals surface area contributed by atoms with Crippen LogP contribution in [-0.2, 0) is 17.8 Å². The lowest BCUT2D eigenvalue weighted by molar-refractivity contribution is -0.126. The minimum atomic E-state index is -0.0876. The molecule has 2 aromatic carbocycles. The minimum absolute atomic E-state index is 0.0876. The van der Waals surface area contributed by atoms with Gasteiger partial charge in [-0.25, -0.2) is 4.98 Å². The second-order valence-electron chi connectivity index (χ2n) is 7.59. The molecule has 1 aliphatic rings. The summed E-state index contributed by atoms with van der Waals surface area (Å²) < 4.78 is 1.25. The maximum atomic E-state index is 12.5. The molecule has 1 amide bonds. The van der Waals surface area contributed by atoms with E-state index in [4.69, 9.17) is 4.98 Å². The van der Waals surface area contributed by atoms with E-state index in [1.54, 1.807) is 11.3 Å². The molecule has 1 aliphatic heterocycles. The van der Waals surface area contributed by atoms with Crippen molar-refractivity contribution in [1.82, 2.24) is 20.1 Å². The summed E-state index contributed by atoms with van der Waals surface area (Å²) in [5.41, 5.74) is 2.34. The lowest BCUT2D eigenvalue weighted by Crippen LogP contribution is -2.53. The van der Waals surface area contributed by atoms with Crippen LogP contribution in [0.25, 0.3) is 10.2 Å². The van der Waals surface area contributed by atoms with E-state index in [-0.39, 0.29) is 11.9 Å². The average Bonchev–Trinajstić information content (AvgIpc) is 3.17. The fourth-order valence-electron chi connectivity index (χ4n) is 3.78. The second kappa shape index (κ2) is 9.48. The van der Waals surface area contributed by atoms with Gasteiger partial charge in [0.05, 0.1) is 22.8 Å². The molecule has 5 nitrogen and oxygen atoms in total.